The molecule has 4 heteroatoms. The lowest BCUT2D eigenvalue weighted by Crippen LogP contribution is -2.63. The first-order valence-electron chi connectivity index (χ1n) is 7.18. The predicted molar refractivity (Wildman–Crippen MR) is 81.3 cm³/mol. The first-order chi connectivity index (χ1) is 10.1. The van der Waals surface area contributed by atoms with Crippen LogP contribution < -0.4 is 5.32 Å². The van der Waals surface area contributed by atoms with Crippen LogP contribution in [0, 0.1) is 11.8 Å². The molecule has 0 radical (unpaired) electrons. The molecule has 0 spiro atoms. The van der Waals surface area contributed by atoms with Crippen LogP contribution in [0.5, 0.6) is 0 Å². The number of piperazine rings is 1. The molecule has 1 fully saturated rings. The number of carbonyl (C=O) groups is 2. The first kappa shape index (κ1) is 15.1. The fourth-order valence-corrected chi connectivity index (χ4v) is 2.48. The Morgan fingerprint density at radius 3 is 2.62 bits per heavy atom. The maximum absolute atomic E-state index is 12.5. The number of benzene rings is 1. The van der Waals surface area contributed by atoms with Crippen LogP contribution >= 0.6 is 0 Å². The fourth-order valence-electron chi connectivity index (χ4n) is 2.48. The molecule has 1 aliphatic rings. The molecule has 1 heterocycles. The second-order valence-corrected chi connectivity index (χ2v) is 5.14. The molecule has 0 bridgehead atoms. The molecule has 0 aliphatic carbocycles. The first-order valence-corrected chi connectivity index (χ1v) is 7.18. The number of hydrogen-bond donors (Lipinski definition) is 1. The quantitative estimate of drug-likeness (QED) is 0.849. The summed E-state index contributed by atoms with van der Waals surface area (Å²) in [7, 11) is 0. The molecule has 0 saturated carbocycles. The molecular weight excluding hydrogens is 264 g/mol. The predicted octanol–water partition coefficient (Wildman–Crippen LogP) is 1.36. The van der Waals surface area contributed by atoms with E-state index in [0.717, 1.165) is 5.56 Å². The van der Waals surface area contributed by atoms with Crippen LogP contribution in [0.4, 0.5) is 0 Å². The summed E-state index contributed by atoms with van der Waals surface area (Å²) in [6.45, 7) is 4.03. The van der Waals surface area contributed by atoms with Crippen LogP contribution in [0.2, 0.25) is 0 Å². The van der Waals surface area contributed by atoms with Gasteiger partial charge in [0.1, 0.15) is 12.1 Å². The number of nitrogens with zero attached hydrogens (tertiary/aromatic N) is 1. The van der Waals surface area contributed by atoms with E-state index in [1.807, 2.05) is 30.3 Å². The van der Waals surface area contributed by atoms with Gasteiger partial charge >= 0.3 is 0 Å². The molecule has 4 nitrogen and oxygen atoms in total. The van der Waals surface area contributed by atoms with Crippen LogP contribution in [-0.4, -0.2) is 35.3 Å². The lowest BCUT2D eigenvalue weighted by atomic mass is 10.0. The normalized spacial score (nSPS) is 21.5. The van der Waals surface area contributed by atoms with Crippen molar-refractivity contribution in [3.8, 4) is 11.8 Å². The average Bonchev–Trinajstić information content (AvgIpc) is 2.49. The van der Waals surface area contributed by atoms with Gasteiger partial charge in [-0.1, -0.05) is 30.3 Å². The van der Waals surface area contributed by atoms with Gasteiger partial charge in [-0.25, -0.2) is 0 Å². The van der Waals surface area contributed by atoms with Crippen molar-refractivity contribution in [3.05, 3.63) is 35.9 Å². The topological polar surface area (TPSA) is 49.4 Å². The highest BCUT2D eigenvalue weighted by Gasteiger charge is 2.37. The standard InChI is InChI=1S/C17H20N2O2/c1-3-4-8-11-19-13(2)16(20)18-15(17(19)21)12-14-9-6-5-7-10-14/h5-7,9-10,13,15H,8,11-12H2,1-2H3,(H,18,20). The van der Waals surface area contributed by atoms with Crippen molar-refractivity contribution >= 4 is 11.8 Å². The smallest absolute Gasteiger partial charge is 0.246 e. The molecule has 2 rings (SSSR count). The molecule has 2 unspecified atom stereocenters. The second kappa shape index (κ2) is 6.94. The number of carbonyl (C=O) groups excluding carboxylic acids is 2. The summed E-state index contributed by atoms with van der Waals surface area (Å²) >= 11 is 0. The van der Waals surface area contributed by atoms with Gasteiger partial charge in [-0.15, -0.1) is 11.8 Å². The molecule has 1 N–H and O–H groups in total. The number of amides is 2. The van der Waals surface area contributed by atoms with Gasteiger partial charge in [0.25, 0.3) is 0 Å². The van der Waals surface area contributed by atoms with E-state index >= 15 is 0 Å². The zero-order chi connectivity index (χ0) is 15.2. The largest absolute Gasteiger partial charge is 0.342 e. The Hall–Kier alpha value is -2.28. The third kappa shape index (κ3) is 3.63. The van der Waals surface area contributed by atoms with Gasteiger partial charge in [0.15, 0.2) is 0 Å². The summed E-state index contributed by atoms with van der Waals surface area (Å²) in [5.41, 5.74) is 1.04. The summed E-state index contributed by atoms with van der Waals surface area (Å²) in [6, 6.07) is 8.81. The van der Waals surface area contributed by atoms with Gasteiger partial charge in [-0.3, -0.25) is 9.59 Å². The van der Waals surface area contributed by atoms with Crippen LogP contribution in [0.1, 0.15) is 25.8 Å². The zero-order valence-electron chi connectivity index (χ0n) is 12.4. The molecule has 1 aromatic rings. The Morgan fingerprint density at radius 1 is 1.24 bits per heavy atom. The van der Waals surface area contributed by atoms with Crippen LogP contribution in [0.25, 0.3) is 0 Å². The molecule has 21 heavy (non-hydrogen) atoms. The summed E-state index contributed by atoms with van der Waals surface area (Å²) in [5, 5.41) is 2.82. The molecule has 1 aliphatic heterocycles. The highest BCUT2D eigenvalue weighted by atomic mass is 16.2. The third-order valence-corrected chi connectivity index (χ3v) is 3.68. The third-order valence-electron chi connectivity index (χ3n) is 3.68. The van der Waals surface area contributed by atoms with Crippen molar-refractivity contribution in [1.82, 2.24) is 10.2 Å². The number of hydrogen-bond acceptors (Lipinski definition) is 2. The van der Waals surface area contributed by atoms with Gasteiger partial charge in [0.2, 0.25) is 11.8 Å². The maximum atomic E-state index is 12.5. The SMILES string of the molecule is CC#CCCN1C(=O)C(Cc2ccccc2)NC(=O)C1C. The molecule has 0 aromatic heterocycles. The molecule has 110 valence electrons. The Balaban J connectivity index is 2.09. The second-order valence-electron chi connectivity index (χ2n) is 5.14. The van der Waals surface area contributed by atoms with Crippen molar-refractivity contribution < 1.29 is 9.59 Å². The molecule has 2 amide bonds. The summed E-state index contributed by atoms with van der Waals surface area (Å²) in [5.74, 6) is 5.63. The van der Waals surface area contributed by atoms with E-state index in [9.17, 15) is 9.59 Å². The molecular formula is C17H20N2O2. The van der Waals surface area contributed by atoms with Crippen LogP contribution in [-0.2, 0) is 16.0 Å². The van der Waals surface area contributed by atoms with Gasteiger partial charge in [-0.05, 0) is 19.4 Å². The van der Waals surface area contributed by atoms with Crippen LogP contribution in [0.3, 0.4) is 0 Å². The Labute approximate surface area is 125 Å². The molecule has 1 saturated heterocycles. The lowest BCUT2D eigenvalue weighted by Gasteiger charge is -2.37. The van der Waals surface area contributed by atoms with E-state index in [2.05, 4.69) is 17.2 Å². The monoisotopic (exact) mass is 284 g/mol. The maximum Gasteiger partial charge on any atom is 0.246 e. The van der Waals surface area contributed by atoms with Crippen molar-refractivity contribution in [3.63, 3.8) is 0 Å². The number of nitrogens with one attached hydrogen (secondary N) is 1. The Kier molecular flexibility index (Phi) is 4.99. The average molecular weight is 284 g/mol. The summed E-state index contributed by atoms with van der Waals surface area (Å²) in [4.78, 5) is 26.2. The van der Waals surface area contributed by atoms with Crippen molar-refractivity contribution in [2.24, 2.45) is 0 Å². The van der Waals surface area contributed by atoms with Crippen molar-refractivity contribution in [2.45, 2.75) is 38.8 Å². The highest BCUT2D eigenvalue weighted by Crippen LogP contribution is 2.14. The minimum absolute atomic E-state index is 0.0242. The van der Waals surface area contributed by atoms with Gasteiger partial charge in [0.05, 0.1) is 0 Å². The Morgan fingerprint density at radius 2 is 1.95 bits per heavy atom. The van der Waals surface area contributed by atoms with Crippen LogP contribution in [0.15, 0.2) is 30.3 Å². The highest BCUT2D eigenvalue weighted by molar-refractivity contribution is 5.96. The minimum Gasteiger partial charge on any atom is -0.342 e. The molecule has 2 atom stereocenters. The number of rotatable bonds is 4. The van der Waals surface area contributed by atoms with Gasteiger partial charge in [0, 0.05) is 19.4 Å². The van der Waals surface area contributed by atoms with Gasteiger partial charge < -0.3 is 10.2 Å². The summed E-state index contributed by atoms with van der Waals surface area (Å²) in [6.07, 6.45) is 1.12. The van der Waals surface area contributed by atoms with E-state index in [4.69, 9.17) is 0 Å². The van der Waals surface area contributed by atoms with Gasteiger partial charge in [-0.2, -0.15) is 0 Å². The molecule has 1 aromatic carbocycles. The lowest BCUT2D eigenvalue weighted by molar-refractivity contribution is -0.148. The van der Waals surface area contributed by atoms with E-state index < -0.39 is 12.1 Å². The van der Waals surface area contributed by atoms with Crippen molar-refractivity contribution in [2.75, 3.05) is 6.54 Å². The van der Waals surface area contributed by atoms with E-state index in [1.165, 1.54) is 0 Å². The van der Waals surface area contributed by atoms with E-state index in [0.29, 0.717) is 19.4 Å². The Bertz CT molecular complexity index is 571. The fraction of sp³-hybridized carbons (Fsp3) is 0.412. The summed E-state index contributed by atoms with van der Waals surface area (Å²) < 4.78 is 0. The minimum atomic E-state index is -0.481. The van der Waals surface area contributed by atoms with E-state index in [-0.39, 0.29) is 11.8 Å². The zero-order valence-corrected chi connectivity index (χ0v) is 12.4. The van der Waals surface area contributed by atoms with Crippen molar-refractivity contribution in [1.29, 1.82) is 0 Å². The van der Waals surface area contributed by atoms with E-state index in [1.54, 1.807) is 18.7 Å².